The summed E-state index contributed by atoms with van der Waals surface area (Å²) in [5, 5.41) is 22.5. The number of halogens is 1. The van der Waals surface area contributed by atoms with Gasteiger partial charge in [0.05, 0.1) is 21.7 Å². The molecule has 2 heterocycles. The molecule has 0 spiro atoms. The highest BCUT2D eigenvalue weighted by Gasteiger charge is 2.16. The lowest BCUT2D eigenvalue weighted by atomic mass is 10.2. The van der Waals surface area contributed by atoms with Crippen molar-refractivity contribution in [2.24, 2.45) is 0 Å². The van der Waals surface area contributed by atoms with E-state index in [0.29, 0.717) is 5.69 Å². The third kappa shape index (κ3) is 2.58. The zero-order valence-corrected chi connectivity index (χ0v) is 12.4. The van der Waals surface area contributed by atoms with Gasteiger partial charge in [-0.2, -0.15) is 0 Å². The van der Waals surface area contributed by atoms with Crippen LogP contribution < -0.4 is 5.32 Å². The van der Waals surface area contributed by atoms with Crippen molar-refractivity contribution in [2.45, 2.75) is 13.0 Å². The molecule has 0 aliphatic carbocycles. The monoisotopic (exact) mass is 317 g/mol. The number of nitrogens with zero attached hydrogens (tertiary/aromatic N) is 4. The van der Waals surface area contributed by atoms with E-state index in [1.165, 1.54) is 12.1 Å². The number of aromatic nitrogens is 3. The number of anilines is 1. The van der Waals surface area contributed by atoms with Crippen molar-refractivity contribution in [2.75, 3.05) is 5.32 Å². The number of non-ortho nitro benzene ring substituents is 1. The Morgan fingerprint density at radius 3 is 2.86 bits per heavy atom. The molecule has 0 fully saturated rings. The molecule has 3 aromatic rings. The molecule has 0 aliphatic rings. The zero-order chi connectivity index (χ0) is 15.7. The van der Waals surface area contributed by atoms with Crippen LogP contribution in [-0.2, 0) is 0 Å². The number of nitro groups is 1. The van der Waals surface area contributed by atoms with E-state index < -0.39 is 4.92 Å². The van der Waals surface area contributed by atoms with Crippen molar-refractivity contribution in [3.05, 3.63) is 63.6 Å². The van der Waals surface area contributed by atoms with Crippen LogP contribution in [0.2, 0.25) is 5.02 Å². The van der Waals surface area contributed by atoms with Crippen LogP contribution in [0, 0.1) is 10.1 Å². The molecule has 0 unspecified atom stereocenters. The minimum atomic E-state index is -0.481. The Balaban J connectivity index is 1.88. The van der Waals surface area contributed by atoms with Gasteiger partial charge in [0.15, 0.2) is 11.5 Å². The molecule has 0 aliphatic heterocycles. The van der Waals surface area contributed by atoms with Gasteiger partial charge in [-0.15, -0.1) is 10.2 Å². The first kappa shape index (κ1) is 14.3. The minimum absolute atomic E-state index is 0.0452. The molecule has 0 saturated heterocycles. The lowest BCUT2D eigenvalue weighted by Crippen LogP contribution is -2.11. The molecule has 22 heavy (non-hydrogen) atoms. The summed E-state index contributed by atoms with van der Waals surface area (Å²) in [5.41, 5.74) is 1.31. The number of pyridine rings is 1. The largest absolute Gasteiger partial charge is 0.374 e. The SMILES string of the molecule is C[C@@H](Nc1ccc([N+](=O)[O-])cc1Cl)c1nnc2ccccn12. The van der Waals surface area contributed by atoms with Gasteiger partial charge in [-0.25, -0.2) is 0 Å². The average Bonchev–Trinajstić information content (AvgIpc) is 2.93. The fourth-order valence-corrected chi connectivity index (χ4v) is 2.42. The summed E-state index contributed by atoms with van der Waals surface area (Å²) < 4.78 is 1.87. The third-order valence-electron chi connectivity index (χ3n) is 3.26. The molecule has 0 bridgehead atoms. The van der Waals surface area contributed by atoms with Crippen molar-refractivity contribution in [1.29, 1.82) is 0 Å². The van der Waals surface area contributed by atoms with Gasteiger partial charge >= 0.3 is 0 Å². The Hall–Kier alpha value is -2.67. The van der Waals surface area contributed by atoms with E-state index in [0.717, 1.165) is 11.5 Å². The molecule has 7 nitrogen and oxygen atoms in total. The van der Waals surface area contributed by atoms with Crippen LogP contribution in [-0.4, -0.2) is 19.5 Å². The Labute approximate surface area is 130 Å². The fourth-order valence-electron chi connectivity index (χ4n) is 2.19. The van der Waals surface area contributed by atoms with E-state index in [2.05, 4.69) is 15.5 Å². The molecule has 1 atom stereocenters. The molecule has 3 rings (SSSR count). The average molecular weight is 318 g/mol. The highest BCUT2D eigenvalue weighted by atomic mass is 35.5. The Morgan fingerprint density at radius 1 is 1.32 bits per heavy atom. The van der Waals surface area contributed by atoms with Crippen LogP contribution in [0.4, 0.5) is 11.4 Å². The summed E-state index contributed by atoms with van der Waals surface area (Å²) in [4.78, 5) is 10.2. The van der Waals surface area contributed by atoms with Gasteiger partial charge in [0.2, 0.25) is 0 Å². The maximum atomic E-state index is 10.7. The number of benzene rings is 1. The molecule has 8 heteroatoms. The predicted octanol–water partition coefficient (Wildman–Crippen LogP) is 3.46. The second-order valence-electron chi connectivity index (χ2n) is 4.77. The fraction of sp³-hybridized carbons (Fsp3) is 0.143. The summed E-state index contributed by atoms with van der Waals surface area (Å²) in [5.74, 6) is 0.727. The molecule has 2 aromatic heterocycles. The van der Waals surface area contributed by atoms with Crippen LogP contribution in [0.25, 0.3) is 5.65 Å². The number of hydrogen-bond donors (Lipinski definition) is 1. The smallest absolute Gasteiger partial charge is 0.271 e. The van der Waals surface area contributed by atoms with Crippen LogP contribution in [0.5, 0.6) is 0 Å². The maximum absolute atomic E-state index is 10.7. The normalized spacial score (nSPS) is 12.3. The van der Waals surface area contributed by atoms with Crippen molar-refractivity contribution >= 4 is 28.6 Å². The summed E-state index contributed by atoms with van der Waals surface area (Å²) in [6.07, 6.45) is 1.88. The van der Waals surface area contributed by atoms with E-state index in [1.807, 2.05) is 35.7 Å². The number of fused-ring (bicyclic) bond motifs is 1. The Morgan fingerprint density at radius 2 is 2.14 bits per heavy atom. The van der Waals surface area contributed by atoms with E-state index in [9.17, 15) is 10.1 Å². The summed E-state index contributed by atoms with van der Waals surface area (Å²) in [6, 6.07) is 9.78. The van der Waals surface area contributed by atoms with E-state index in [1.54, 1.807) is 6.07 Å². The van der Waals surface area contributed by atoms with E-state index >= 15 is 0 Å². The van der Waals surface area contributed by atoms with Crippen molar-refractivity contribution in [3.8, 4) is 0 Å². The lowest BCUT2D eigenvalue weighted by Gasteiger charge is -2.14. The van der Waals surface area contributed by atoms with Crippen LogP contribution in [0.1, 0.15) is 18.8 Å². The van der Waals surface area contributed by atoms with E-state index in [4.69, 9.17) is 11.6 Å². The molecule has 0 saturated carbocycles. The summed E-state index contributed by atoms with van der Waals surface area (Å²) in [7, 11) is 0. The Kier molecular flexibility index (Phi) is 3.64. The van der Waals surface area contributed by atoms with Gasteiger partial charge in [-0.05, 0) is 25.1 Å². The highest BCUT2D eigenvalue weighted by Crippen LogP contribution is 2.29. The quantitative estimate of drug-likeness (QED) is 0.588. The number of hydrogen-bond acceptors (Lipinski definition) is 5. The molecule has 112 valence electrons. The number of nitro benzene ring substituents is 1. The van der Waals surface area contributed by atoms with Crippen LogP contribution in [0.3, 0.4) is 0 Å². The van der Waals surface area contributed by atoms with E-state index in [-0.39, 0.29) is 16.8 Å². The van der Waals surface area contributed by atoms with Crippen LogP contribution in [0.15, 0.2) is 42.6 Å². The standard InChI is InChI=1S/C14H12ClN5O2/c1-9(14-18-17-13-4-2-3-7-19(13)14)16-12-6-5-10(20(21)22)8-11(12)15/h2-9,16H,1H3/t9-/m1/s1. The van der Waals surface area contributed by atoms with Gasteiger partial charge in [0.1, 0.15) is 0 Å². The van der Waals surface area contributed by atoms with Gasteiger partial charge in [-0.1, -0.05) is 17.7 Å². The molecular formula is C14H12ClN5O2. The first-order valence-electron chi connectivity index (χ1n) is 6.56. The molecular weight excluding hydrogens is 306 g/mol. The zero-order valence-electron chi connectivity index (χ0n) is 11.6. The first-order valence-corrected chi connectivity index (χ1v) is 6.94. The number of rotatable bonds is 4. The van der Waals surface area contributed by atoms with Crippen molar-refractivity contribution in [1.82, 2.24) is 14.6 Å². The topological polar surface area (TPSA) is 85.4 Å². The third-order valence-corrected chi connectivity index (χ3v) is 3.58. The minimum Gasteiger partial charge on any atom is -0.374 e. The second-order valence-corrected chi connectivity index (χ2v) is 5.18. The van der Waals surface area contributed by atoms with Gasteiger partial charge < -0.3 is 5.32 Å². The summed E-state index contributed by atoms with van der Waals surface area (Å²) >= 11 is 6.09. The predicted molar refractivity (Wildman–Crippen MR) is 83.1 cm³/mol. The Bertz CT molecular complexity index is 848. The molecule has 1 aromatic carbocycles. The maximum Gasteiger partial charge on any atom is 0.271 e. The molecule has 0 radical (unpaired) electrons. The summed E-state index contributed by atoms with van der Waals surface area (Å²) in [6.45, 7) is 1.92. The van der Waals surface area contributed by atoms with Crippen molar-refractivity contribution < 1.29 is 4.92 Å². The molecule has 1 N–H and O–H groups in total. The van der Waals surface area contributed by atoms with Crippen LogP contribution >= 0.6 is 11.6 Å². The first-order chi connectivity index (χ1) is 10.6. The van der Waals surface area contributed by atoms with Crippen molar-refractivity contribution in [3.63, 3.8) is 0 Å². The van der Waals surface area contributed by atoms with Gasteiger partial charge in [-0.3, -0.25) is 14.5 Å². The van der Waals surface area contributed by atoms with Gasteiger partial charge in [0, 0.05) is 18.3 Å². The second kappa shape index (κ2) is 5.61. The lowest BCUT2D eigenvalue weighted by molar-refractivity contribution is -0.384. The molecule has 0 amide bonds. The van der Waals surface area contributed by atoms with Gasteiger partial charge in [0.25, 0.3) is 5.69 Å². The highest BCUT2D eigenvalue weighted by molar-refractivity contribution is 6.33. The number of nitrogens with one attached hydrogen (secondary N) is 1.